The van der Waals surface area contributed by atoms with Crippen LogP contribution in [0.5, 0.6) is 0 Å². The van der Waals surface area contributed by atoms with Crippen molar-refractivity contribution in [2.45, 2.75) is 37.8 Å². The Morgan fingerprint density at radius 2 is 2.06 bits per heavy atom. The van der Waals surface area contributed by atoms with E-state index in [1.807, 2.05) is 0 Å². The zero-order chi connectivity index (χ0) is 13.1. The molecule has 5 heteroatoms. The molecule has 0 saturated heterocycles. The monoisotopic (exact) mass is 253 g/mol. The van der Waals surface area contributed by atoms with Crippen LogP contribution in [0.4, 0.5) is 10.1 Å². The number of para-hydroxylation sites is 1. The molecule has 0 bridgehead atoms. The molecule has 0 amide bonds. The largest absolute Gasteiger partial charge is 0.478 e. The molecule has 0 aliphatic heterocycles. The summed E-state index contributed by atoms with van der Waals surface area (Å²) in [6.07, 6.45) is 2.72. The van der Waals surface area contributed by atoms with E-state index in [-0.39, 0.29) is 17.3 Å². The Morgan fingerprint density at radius 1 is 1.33 bits per heavy atom. The maximum atomic E-state index is 13.7. The van der Waals surface area contributed by atoms with E-state index in [2.05, 4.69) is 5.32 Å². The molecule has 1 aliphatic rings. The zero-order valence-electron chi connectivity index (χ0n) is 9.90. The summed E-state index contributed by atoms with van der Waals surface area (Å²) in [6, 6.07) is 3.64. The number of aliphatic hydroxyl groups is 1. The lowest BCUT2D eigenvalue weighted by atomic mass is 9.92. The summed E-state index contributed by atoms with van der Waals surface area (Å²) in [5.74, 6) is -1.78. The smallest absolute Gasteiger partial charge is 0.337 e. The van der Waals surface area contributed by atoms with Crippen LogP contribution in [-0.4, -0.2) is 28.3 Å². The van der Waals surface area contributed by atoms with Crippen molar-refractivity contribution in [2.24, 2.45) is 0 Å². The van der Waals surface area contributed by atoms with Crippen molar-refractivity contribution >= 4 is 11.7 Å². The van der Waals surface area contributed by atoms with Gasteiger partial charge in [-0.05, 0) is 25.0 Å². The Labute approximate surface area is 104 Å². The van der Waals surface area contributed by atoms with E-state index in [0.29, 0.717) is 12.8 Å². The Morgan fingerprint density at radius 3 is 2.72 bits per heavy atom. The highest BCUT2D eigenvalue weighted by molar-refractivity contribution is 5.94. The fourth-order valence-corrected chi connectivity index (χ4v) is 2.31. The maximum Gasteiger partial charge on any atom is 0.337 e. The van der Waals surface area contributed by atoms with Crippen molar-refractivity contribution in [3.8, 4) is 0 Å². The van der Waals surface area contributed by atoms with Gasteiger partial charge in [-0.25, -0.2) is 9.18 Å². The average molecular weight is 253 g/mol. The number of aliphatic hydroxyl groups excluding tert-OH is 1. The maximum absolute atomic E-state index is 13.7. The van der Waals surface area contributed by atoms with Crippen molar-refractivity contribution in [1.82, 2.24) is 0 Å². The Balaban J connectivity index is 2.24. The van der Waals surface area contributed by atoms with Crippen molar-refractivity contribution in [3.05, 3.63) is 29.6 Å². The minimum atomic E-state index is -1.18. The SMILES string of the molecule is O=C(O)c1cccc(F)c1NC1CCCCC1O. The van der Waals surface area contributed by atoms with E-state index < -0.39 is 17.9 Å². The second-order valence-electron chi connectivity index (χ2n) is 4.57. The summed E-state index contributed by atoms with van der Waals surface area (Å²) < 4.78 is 13.7. The zero-order valence-corrected chi connectivity index (χ0v) is 9.90. The minimum absolute atomic E-state index is 0.0315. The minimum Gasteiger partial charge on any atom is -0.478 e. The third-order valence-corrected chi connectivity index (χ3v) is 3.30. The number of halogens is 1. The normalized spacial score (nSPS) is 23.7. The third-order valence-electron chi connectivity index (χ3n) is 3.30. The van der Waals surface area contributed by atoms with Crippen LogP contribution in [0.2, 0.25) is 0 Å². The number of carbonyl (C=O) groups is 1. The lowest BCUT2D eigenvalue weighted by Crippen LogP contribution is -2.37. The fraction of sp³-hybridized carbons (Fsp3) is 0.462. The Hall–Kier alpha value is -1.62. The van der Waals surface area contributed by atoms with Crippen LogP contribution in [0.3, 0.4) is 0 Å². The number of hydrogen-bond acceptors (Lipinski definition) is 3. The van der Waals surface area contributed by atoms with E-state index >= 15 is 0 Å². The van der Waals surface area contributed by atoms with Gasteiger partial charge in [-0.1, -0.05) is 18.9 Å². The van der Waals surface area contributed by atoms with Crippen LogP contribution in [0, 0.1) is 5.82 Å². The second kappa shape index (κ2) is 5.35. The molecule has 18 heavy (non-hydrogen) atoms. The number of anilines is 1. The van der Waals surface area contributed by atoms with Gasteiger partial charge in [-0.2, -0.15) is 0 Å². The van der Waals surface area contributed by atoms with E-state index in [1.54, 1.807) is 0 Å². The number of nitrogens with one attached hydrogen (secondary N) is 1. The topological polar surface area (TPSA) is 69.6 Å². The molecule has 2 unspecified atom stereocenters. The lowest BCUT2D eigenvalue weighted by Gasteiger charge is -2.29. The van der Waals surface area contributed by atoms with Crippen molar-refractivity contribution in [2.75, 3.05) is 5.32 Å². The van der Waals surface area contributed by atoms with Gasteiger partial charge >= 0.3 is 5.97 Å². The molecule has 1 aromatic rings. The number of carboxylic acid groups (broad SMARTS) is 1. The molecule has 0 aromatic heterocycles. The lowest BCUT2D eigenvalue weighted by molar-refractivity contribution is 0.0696. The summed E-state index contributed by atoms with van der Waals surface area (Å²) in [7, 11) is 0. The van der Waals surface area contributed by atoms with Crippen LogP contribution in [0.15, 0.2) is 18.2 Å². The van der Waals surface area contributed by atoms with Crippen molar-refractivity contribution in [3.63, 3.8) is 0 Å². The van der Waals surface area contributed by atoms with E-state index in [4.69, 9.17) is 5.11 Å². The summed E-state index contributed by atoms with van der Waals surface area (Å²) in [4.78, 5) is 11.0. The fourth-order valence-electron chi connectivity index (χ4n) is 2.31. The first kappa shape index (κ1) is 12.8. The van der Waals surface area contributed by atoms with E-state index in [9.17, 15) is 14.3 Å². The first-order chi connectivity index (χ1) is 8.59. The Bertz CT molecular complexity index is 450. The summed E-state index contributed by atoms with van der Waals surface area (Å²) in [5, 5.41) is 21.7. The van der Waals surface area contributed by atoms with Crippen LogP contribution in [0.25, 0.3) is 0 Å². The number of hydrogen-bond donors (Lipinski definition) is 3. The molecular weight excluding hydrogens is 237 g/mol. The molecule has 1 saturated carbocycles. The third kappa shape index (κ3) is 2.61. The standard InChI is InChI=1S/C13H16FNO3/c14-9-5-3-4-8(13(17)18)12(9)15-10-6-1-2-7-11(10)16/h3-5,10-11,15-16H,1-2,6-7H2,(H,17,18). The van der Waals surface area contributed by atoms with Crippen molar-refractivity contribution < 1.29 is 19.4 Å². The molecule has 0 spiro atoms. The van der Waals surface area contributed by atoms with Gasteiger partial charge in [0, 0.05) is 0 Å². The molecule has 3 N–H and O–H groups in total. The molecule has 98 valence electrons. The predicted octanol–water partition coefficient (Wildman–Crippen LogP) is 2.24. The van der Waals surface area contributed by atoms with Crippen LogP contribution in [-0.2, 0) is 0 Å². The second-order valence-corrected chi connectivity index (χ2v) is 4.57. The highest BCUT2D eigenvalue weighted by Gasteiger charge is 2.25. The number of rotatable bonds is 3. The average Bonchev–Trinajstić information content (AvgIpc) is 2.34. The van der Waals surface area contributed by atoms with Gasteiger partial charge in [0.25, 0.3) is 0 Å². The van der Waals surface area contributed by atoms with Crippen molar-refractivity contribution in [1.29, 1.82) is 0 Å². The molecule has 1 aromatic carbocycles. The molecular formula is C13H16FNO3. The van der Waals surface area contributed by atoms with Gasteiger partial charge in [-0.3, -0.25) is 0 Å². The van der Waals surface area contributed by atoms with E-state index in [0.717, 1.165) is 12.8 Å². The quantitative estimate of drug-likeness (QED) is 0.772. The molecule has 2 rings (SSSR count). The van der Waals surface area contributed by atoms with Gasteiger partial charge < -0.3 is 15.5 Å². The van der Waals surface area contributed by atoms with Crippen LogP contribution < -0.4 is 5.32 Å². The first-order valence-electron chi connectivity index (χ1n) is 6.06. The van der Waals surface area contributed by atoms with Gasteiger partial charge in [-0.15, -0.1) is 0 Å². The van der Waals surface area contributed by atoms with E-state index in [1.165, 1.54) is 18.2 Å². The number of aromatic carboxylic acids is 1. The highest BCUT2D eigenvalue weighted by Crippen LogP contribution is 2.26. The van der Waals surface area contributed by atoms with Gasteiger partial charge in [0.15, 0.2) is 0 Å². The molecule has 4 nitrogen and oxygen atoms in total. The predicted molar refractivity (Wildman–Crippen MR) is 65.2 cm³/mol. The summed E-state index contributed by atoms with van der Waals surface area (Å²) >= 11 is 0. The first-order valence-corrected chi connectivity index (χ1v) is 6.06. The van der Waals surface area contributed by atoms with Gasteiger partial charge in [0.2, 0.25) is 0 Å². The Kier molecular flexibility index (Phi) is 3.81. The molecule has 2 atom stereocenters. The summed E-state index contributed by atoms with van der Waals surface area (Å²) in [5.41, 5.74) is -0.135. The van der Waals surface area contributed by atoms with Gasteiger partial charge in [0.1, 0.15) is 5.82 Å². The molecule has 0 heterocycles. The number of carboxylic acids is 1. The van der Waals surface area contributed by atoms with Gasteiger partial charge in [0.05, 0.1) is 23.4 Å². The molecule has 1 fully saturated rings. The number of benzene rings is 1. The van der Waals surface area contributed by atoms with Crippen LogP contribution in [0.1, 0.15) is 36.0 Å². The highest BCUT2D eigenvalue weighted by atomic mass is 19.1. The molecule has 1 aliphatic carbocycles. The summed E-state index contributed by atoms with van der Waals surface area (Å²) in [6.45, 7) is 0. The van der Waals surface area contributed by atoms with Crippen LogP contribution >= 0.6 is 0 Å². The molecule has 0 radical (unpaired) electrons.